The van der Waals surface area contributed by atoms with Crippen molar-refractivity contribution >= 4 is 17.0 Å². The van der Waals surface area contributed by atoms with E-state index in [1.54, 1.807) is 17.5 Å². The minimum absolute atomic E-state index is 0.0272. The van der Waals surface area contributed by atoms with Crippen LogP contribution in [-0.2, 0) is 13.2 Å². The van der Waals surface area contributed by atoms with Gasteiger partial charge >= 0.3 is 0 Å². The number of aliphatic hydroxyl groups excluding tert-OH is 1. The number of thiazole rings is 1. The van der Waals surface area contributed by atoms with Gasteiger partial charge in [0.1, 0.15) is 5.01 Å². The summed E-state index contributed by atoms with van der Waals surface area (Å²) in [6, 6.07) is 13.5. The van der Waals surface area contributed by atoms with Gasteiger partial charge in [0.2, 0.25) is 0 Å². The zero-order valence-corrected chi connectivity index (χ0v) is 12.2. The van der Waals surface area contributed by atoms with Gasteiger partial charge < -0.3 is 10.4 Å². The van der Waals surface area contributed by atoms with Crippen molar-refractivity contribution in [1.82, 2.24) is 9.97 Å². The molecule has 1 aromatic carbocycles. The molecule has 0 saturated carbocycles. The Hall–Kier alpha value is -2.24. The normalized spacial score (nSPS) is 10.5. The molecule has 4 nitrogen and oxygen atoms in total. The van der Waals surface area contributed by atoms with Crippen molar-refractivity contribution in [2.75, 3.05) is 5.32 Å². The first-order valence-electron chi connectivity index (χ1n) is 6.65. The van der Waals surface area contributed by atoms with E-state index < -0.39 is 0 Å². The molecular weight excluding hydrogens is 282 g/mol. The van der Waals surface area contributed by atoms with E-state index in [0.717, 1.165) is 27.6 Å². The summed E-state index contributed by atoms with van der Waals surface area (Å²) in [4.78, 5) is 8.88. The van der Waals surface area contributed by atoms with Gasteiger partial charge in [0.15, 0.2) is 0 Å². The highest BCUT2D eigenvalue weighted by molar-refractivity contribution is 7.13. The van der Waals surface area contributed by atoms with Crippen LogP contribution in [0.2, 0.25) is 0 Å². The van der Waals surface area contributed by atoms with E-state index in [1.807, 2.05) is 47.8 Å². The number of rotatable bonds is 5. The molecule has 0 spiro atoms. The maximum atomic E-state index is 9.31. The van der Waals surface area contributed by atoms with Gasteiger partial charge in [0.05, 0.1) is 24.5 Å². The maximum Gasteiger partial charge on any atom is 0.142 e. The lowest BCUT2D eigenvalue weighted by molar-refractivity contribution is 0.282. The minimum atomic E-state index is 0.0272. The summed E-state index contributed by atoms with van der Waals surface area (Å²) in [6.45, 7) is 0.653. The Morgan fingerprint density at radius 2 is 1.95 bits per heavy atom. The van der Waals surface area contributed by atoms with Crippen molar-refractivity contribution in [2.24, 2.45) is 0 Å². The maximum absolute atomic E-state index is 9.31. The van der Waals surface area contributed by atoms with Crippen LogP contribution in [0.25, 0.3) is 10.7 Å². The molecule has 0 saturated heterocycles. The van der Waals surface area contributed by atoms with Gasteiger partial charge in [0.25, 0.3) is 0 Å². The van der Waals surface area contributed by atoms with Gasteiger partial charge in [-0.15, -0.1) is 11.3 Å². The Bertz CT molecular complexity index is 712. The zero-order valence-electron chi connectivity index (χ0n) is 11.4. The van der Waals surface area contributed by atoms with E-state index in [1.165, 1.54) is 0 Å². The SMILES string of the molecule is OCc1ccccc1NCc1csc(-c2ccccn2)n1. The summed E-state index contributed by atoms with van der Waals surface area (Å²) in [5, 5.41) is 15.6. The van der Waals surface area contributed by atoms with Crippen molar-refractivity contribution in [3.05, 3.63) is 65.3 Å². The van der Waals surface area contributed by atoms with E-state index in [9.17, 15) is 5.11 Å². The lowest BCUT2D eigenvalue weighted by atomic mass is 10.2. The number of hydrogen-bond acceptors (Lipinski definition) is 5. The molecule has 5 heteroatoms. The zero-order chi connectivity index (χ0) is 14.5. The van der Waals surface area contributed by atoms with Crippen LogP contribution >= 0.6 is 11.3 Å². The fourth-order valence-corrected chi connectivity index (χ4v) is 2.81. The molecule has 0 bridgehead atoms. The lowest BCUT2D eigenvalue weighted by Gasteiger charge is -2.08. The van der Waals surface area contributed by atoms with Crippen molar-refractivity contribution in [3.8, 4) is 10.7 Å². The molecule has 2 heterocycles. The molecule has 21 heavy (non-hydrogen) atoms. The Kier molecular flexibility index (Phi) is 4.23. The summed E-state index contributed by atoms with van der Waals surface area (Å²) in [6.07, 6.45) is 1.77. The fraction of sp³-hybridized carbons (Fsp3) is 0.125. The van der Waals surface area contributed by atoms with Crippen LogP contribution < -0.4 is 5.32 Å². The minimum Gasteiger partial charge on any atom is -0.392 e. The molecule has 2 aromatic heterocycles. The number of nitrogens with one attached hydrogen (secondary N) is 1. The summed E-state index contributed by atoms with van der Waals surface area (Å²) in [7, 11) is 0. The second-order valence-electron chi connectivity index (χ2n) is 4.53. The lowest BCUT2D eigenvalue weighted by Crippen LogP contribution is -2.02. The van der Waals surface area contributed by atoms with Gasteiger partial charge in [-0.3, -0.25) is 4.98 Å². The number of nitrogens with zero attached hydrogens (tertiary/aromatic N) is 2. The standard InChI is InChI=1S/C16H15N3OS/c20-10-12-5-1-2-6-14(12)18-9-13-11-21-16(19-13)15-7-3-4-8-17-15/h1-8,11,18,20H,9-10H2. The quantitative estimate of drug-likeness (QED) is 0.758. The van der Waals surface area contributed by atoms with Gasteiger partial charge in [-0.1, -0.05) is 24.3 Å². The number of aliphatic hydroxyl groups is 1. The van der Waals surface area contributed by atoms with E-state index in [2.05, 4.69) is 15.3 Å². The van der Waals surface area contributed by atoms with E-state index >= 15 is 0 Å². The number of pyridine rings is 1. The van der Waals surface area contributed by atoms with Gasteiger partial charge in [-0.05, 0) is 18.2 Å². The van der Waals surface area contributed by atoms with Crippen LogP contribution in [0.3, 0.4) is 0 Å². The third-order valence-corrected chi connectivity index (χ3v) is 4.00. The number of anilines is 1. The summed E-state index contributed by atoms with van der Waals surface area (Å²) < 4.78 is 0. The second kappa shape index (κ2) is 6.47. The van der Waals surface area contributed by atoms with Crippen molar-refractivity contribution in [3.63, 3.8) is 0 Å². The molecule has 0 aliphatic carbocycles. The summed E-state index contributed by atoms with van der Waals surface area (Å²) in [5.74, 6) is 0. The predicted molar refractivity (Wildman–Crippen MR) is 85.0 cm³/mol. The molecular formula is C16H15N3OS. The smallest absolute Gasteiger partial charge is 0.142 e. The molecule has 0 radical (unpaired) electrons. The molecule has 0 fully saturated rings. The number of para-hydroxylation sites is 1. The second-order valence-corrected chi connectivity index (χ2v) is 5.39. The first-order chi connectivity index (χ1) is 10.4. The molecule has 0 unspecified atom stereocenters. The molecule has 106 valence electrons. The molecule has 0 aliphatic heterocycles. The van der Waals surface area contributed by atoms with Crippen LogP contribution in [-0.4, -0.2) is 15.1 Å². The highest BCUT2D eigenvalue weighted by Crippen LogP contribution is 2.22. The topological polar surface area (TPSA) is 58.0 Å². The van der Waals surface area contributed by atoms with Crippen LogP contribution in [0.15, 0.2) is 54.0 Å². The first kappa shape index (κ1) is 13.7. The van der Waals surface area contributed by atoms with Gasteiger partial charge in [0, 0.05) is 22.8 Å². The Balaban J connectivity index is 1.71. The van der Waals surface area contributed by atoms with Crippen LogP contribution in [0, 0.1) is 0 Å². The Morgan fingerprint density at radius 1 is 1.10 bits per heavy atom. The number of benzene rings is 1. The van der Waals surface area contributed by atoms with Crippen LogP contribution in [0.1, 0.15) is 11.3 Å². The third-order valence-electron chi connectivity index (χ3n) is 3.08. The highest BCUT2D eigenvalue weighted by Gasteiger charge is 2.06. The van der Waals surface area contributed by atoms with Crippen LogP contribution in [0.4, 0.5) is 5.69 Å². The molecule has 0 aliphatic rings. The average molecular weight is 297 g/mol. The van der Waals surface area contributed by atoms with Gasteiger partial charge in [-0.2, -0.15) is 0 Å². The van der Waals surface area contributed by atoms with Crippen molar-refractivity contribution in [1.29, 1.82) is 0 Å². The Morgan fingerprint density at radius 3 is 2.76 bits per heavy atom. The third kappa shape index (κ3) is 3.26. The largest absolute Gasteiger partial charge is 0.392 e. The summed E-state index contributed by atoms with van der Waals surface area (Å²) >= 11 is 1.58. The van der Waals surface area contributed by atoms with Gasteiger partial charge in [-0.25, -0.2) is 4.98 Å². The van der Waals surface area contributed by atoms with Crippen LogP contribution in [0.5, 0.6) is 0 Å². The van der Waals surface area contributed by atoms with E-state index in [0.29, 0.717) is 6.54 Å². The monoisotopic (exact) mass is 297 g/mol. The Labute approximate surface area is 127 Å². The molecule has 3 rings (SSSR count). The number of aromatic nitrogens is 2. The van der Waals surface area contributed by atoms with E-state index in [-0.39, 0.29) is 6.61 Å². The molecule has 0 amide bonds. The van der Waals surface area contributed by atoms with E-state index in [4.69, 9.17) is 0 Å². The molecule has 0 atom stereocenters. The van der Waals surface area contributed by atoms with Crippen molar-refractivity contribution in [2.45, 2.75) is 13.2 Å². The fourth-order valence-electron chi connectivity index (χ4n) is 2.01. The predicted octanol–water partition coefficient (Wildman–Crippen LogP) is 3.31. The first-order valence-corrected chi connectivity index (χ1v) is 7.53. The molecule has 3 aromatic rings. The van der Waals surface area contributed by atoms with Crippen molar-refractivity contribution < 1.29 is 5.11 Å². The highest BCUT2D eigenvalue weighted by atomic mass is 32.1. The average Bonchev–Trinajstić information content (AvgIpc) is 3.03. The summed E-state index contributed by atoms with van der Waals surface area (Å²) in [5.41, 5.74) is 3.68. The molecule has 2 N–H and O–H groups in total. The number of hydrogen-bond donors (Lipinski definition) is 2.